The molecule has 0 bridgehead atoms. The highest BCUT2D eigenvalue weighted by Gasteiger charge is 2.30. The summed E-state index contributed by atoms with van der Waals surface area (Å²) in [6, 6.07) is 7.63. The molecule has 3 rings (SSSR count). The molecule has 1 aliphatic heterocycles. The third-order valence-electron chi connectivity index (χ3n) is 5.51. The van der Waals surface area contributed by atoms with Crippen LogP contribution in [0.3, 0.4) is 0 Å². The van der Waals surface area contributed by atoms with Crippen molar-refractivity contribution in [3.63, 3.8) is 0 Å². The second-order valence-corrected chi connectivity index (χ2v) is 7.49. The largest absolute Gasteiger partial charge is 0.494 e. The van der Waals surface area contributed by atoms with Crippen LogP contribution in [0.25, 0.3) is 0 Å². The normalized spacial score (nSPS) is 20.6. The average molecular weight is 358 g/mol. The lowest BCUT2D eigenvalue weighted by atomic mass is 10.0. The molecule has 2 aliphatic rings. The van der Waals surface area contributed by atoms with Crippen LogP contribution in [0.15, 0.2) is 24.3 Å². The van der Waals surface area contributed by atoms with Gasteiger partial charge in [0, 0.05) is 37.5 Å². The van der Waals surface area contributed by atoms with Crippen molar-refractivity contribution >= 4 is 17.5 Å². The van der Waals surface area contributed by atoms with Crippen molar-refractivity contribution < 1.29 is 14.3 Å². The number of rotatable bonds is 8. The first-order valence-electron chi connectivity index (χ1n) is 9.95. The van der Waals surface area contributed by atoms with Crippen LogP contribution < -0.4 is 15.0 Å². The van der Waals surface area contributed by atoms with Crippen LogP contribution in [0.2, 0.25) is 0 Å². The minimum absolute atomic E-state index is 0.124. The highest BCUT2D eigenvalue weighted by atomic mass is 16.5. The Bertz CT molecular complexity index is 608. The molecular weight excluding hydrogens is 328 g/mol. The Morgan fingerprint density at radius 2 is 1.92 bits per heavy atom. The number of anilines is 1. The van der Waals surface area contributed by atoms with E-state index in [2.05, 4.69) is 5.32 Å². The number of hydrogen-bond acceptors (Lipinski definition) is 3. The van der Waals surface area contributed by atoms with Crippen molar-refractivity contribution in [2.75, 3.05) is 24.6 Å². The lowest BCUT2D eigenvalue weighted by Crippen LogP contribution is -2.31. The van der Waals surface area contributed by atoms with Gasteiger partial charge in [0.15, 0.2) is 0 Å². The minimum Gasteiger partial charge on any atom is -0.494 e. The van der Waals surface area contributed by atoms with Gasteiger partial charge >= 0.3 is 0 Å². The Balaban J connectivity index is 1.42. The molecule has 1 aliphatic carbocycles. The molecule has 1 atom stereocenters. The van der Waals surface area contributed by atoms with Gasteiger partial charge in [0.25, 0.3) is 0 Å². The molecule has 1 aromatic carbocycles. The molecule has 1 saturated carbocycles. The second kappa shape index (κ2) is 9.06. The number of benzene rings is 1. The van der Waals surface area contributed by atoms with Crippen LogP contribution in [-0.2, 0) is 9.59 Å². The SMILES string of the molecule is CCOc1ccc(N2CC(CNC(=O)CCC3CCCC3)CC2=O)cc1. The van der Waals surface area contributed by atoms with E-state index in [1.807, 2.05) is 36.1 Å². The van der Waals surface area contributed by atoms with E-state index in [9.17, 15) is 9.59 Å². The fraction of sp³-hybridized carbons (Fsp3) is 0.619. The molecule has 5 heteroatoms. The van der Waals surface area contributed by atoms with Gasteiger partial charge in [0.1, 0.15) is 5.75 Å². The van der Waals surface area contributed by atoms with Crippen LogP contribution in [0, 0.1) is 11.8 Å². The Labute approximate surface area is 156 Å². The summed E-state index contributed by atoms with van der Waals surface area (Å²) in [7, 11) is 0. The van der Waals surface area contributed by atoms with Crippen molar-refractivity contribution in [1.29, 1.82) is 0 Å². The van der Waals surface area contributed by atoms with E-state index >= 15 is 0 Å². The van der Waals surface area contributed by atoms with Gasteiger partial charge in [0.2, 0.25) is 11.8 Å². The first-order chi connectivity index (χ1) is 12.7. The van der Waals surface area contributed by atoms with Gasteiger partial charge in [-0.1, -0.05) is 25.7 Å². The Morgan fingerprint density at radius 3 is 2.62 bits per heavy atom. The predicted molar refractivity (Wildman–Crippen MR) is 102 cm³/mol. The van der Waals surface area contributed by atoms with Crippen LogP contribution in [0.5, 0.6) is 5.75 Å². The van der Waals surface area contributed by atoms with E-state index in [0.29, 0.717) is 32.5 Å². The van der Waals surface area contributed by atoms with Crippen LogP contribution in [0.1, 0.15) is 51.9 Å². The topological polar surface area (TPSA) is 58.6 Å². The Kier molecular flexibility index (Phi) is 6.53. The molecule has 2 amide bonds. The molecule has 0 radical (unpaired) electrons. The summed E-state index contributed by atoms with van der Waals surface area (Å²) < 4.78 is 5.45. The van der Waals surface area contributed by atoms with E-state index in [4.69, 9.17) is 4.74 Å². The average Bonchev–Trinajstić information content (AvgIpc) is 3.29. The number of amides is 2. The van der Waals surface area contributed by atoms with Crippen molar-refractivity contribution in [3.8, 4) is 5.75 Å². The van der Waals surface area contributed by atoms with Crippen LogP contribution in [-0.4, -0.2) is 31.5 Å². The summed E-state index contributed by atoms with van der Waals surface area (Å²) in [4.78, 5) is 26.2. The van der Waals surface area contributed by atoms with Crippen molar-refractivity contribution in [2.45, 2.75) is 51.9 Å². The molecule has 26 heavy (non-hydrogen) atoms. The summed E-state index contributed by atoms with van der Waals surface area (Å²) in [5.41, 5.74) is 0.897. The molecule has 0 aromatic heterocycles. The van der Waals surface area contributed by atoms with Crippen LogP contribution in [0.4, 0.5) is 5.69 Å². The third kappa shape index (κ3) is 4.99. The fourth-order valence-electron chi connectivity index (χ4n) is 4.04. The lowest BCUT2D eigenvalue weighted by Gasteiger charge is -2.17. The maximum absolute atomic E-state index is 12.3. The number of carbonyl (C=O) groups is 2. The molecule has 1 aromatic rings. The third-order valence-corrected chi connectivity index (χ3v) is 5.51. The Hall–Kier alpha value is -2.04. The van der Waals surface area contributed by atoms with Gasteiger partial charge < -0.3 is 15.0 Å². The number of hydrogen-bond donors (Lipinski definition) is 1. The zero-order valence-corrected chi connectivity index (χ0v) is 15.7. The quantitative estimate of drug-likeness (QED) is 0.773. The molecule has 1 unspecified atom stereocenters. The minimum atomic E-state index is 0.124. The fourth-order valence-corrected chi connectivity index (χ4v) is 4.04. The summed E-state index contributed by atoms with van der Waals surface area (Å²) in [5.74, 6) is 1.99. The van der Waals surface area contributed by atoms with E-state index in [0.717, 1.165) is 23.8 Å². The zero-order valence-electron chi connectivity index (χ0n) is 15.7. The first-order valence-corrected chi connectivity index (χ1v) is 9.95. The summed E-state index contributed by atoms with van der Waals surface area (Å²) in [6.45, 7) is 3.83. The van der Waals surface area contributed by atoms with Crippen molar-refractivity contribution in [3.05, 3.63) is 24.3 Å². The van der Waals surface area contributed by atoms with Gasteiger partial charge in [-0.05, 0) is 43.5 Å². The standard InChI is InChI=1S/C21H30N2O3/c1-2-26-19-10-8-18(9-11-19)23-15-17(13-21(23)25)14-22-20(24)12-7-16-5-3-4-6-16/h8-11,16-17H,2-7,12-15H2,1H3,(H,22,24). The van der Waals surface area contributed by atoms with Gasteiger partial charge in [-0.2, -0.15) is 0 Å². The Morgan fingerprint density at radius 1 is 1.19 bits per heavy atom. The molecule has 1 N–H and O–H groups in total. The number of carbonyl (C=O) groups excluding carboxylic acids is 2. The highest BCUT2D eigenvalue weighted by molar-refractivity contribution is 5.95. The highest BCUT2D eigenvalue weighted by Crippen LogP contribution is 2.29. The molecular formula is C21H30N2O3. The number of nitrogens with zero attached hydrogens (tertiary/aromatic N) is 1. The van der Waals surface area contributed by atoms with Gasteiger partial charge in [-0.15, -0.1) is 0 Å². The van der Waals surface area contributed by atoms with E-state index in [1.54, 1.807) is 0 Å². The maximum Gasteiger partial charge on any atom is 0.227 e. The summed E-state index contributed by atoms with van der Waals surface area (Å²) >= 11 is 0. The molecule has 142 valence electrons. The smallest absolute Gasteiger partial charge is 0.227 e. The lowest BCUT2D eigenvalue weighted by molar-refractivity contribution is -0.122. The molecule has 1 heterocycles. The number of ether oxygens (including phenoxy) is 1. The molecule has 1 saturated heterocycles. The van der Waals surface area contributed by atoms with Crippen molar-refractivity contribution in [1.82, 2.24) is 5.32 Å². The van der Waals surface area contributed by atoms with Gasteiger partial charge in [-0.3, -0.25) is 9.59 Å². The van der Waals surface area contributed by atoms with Gasteiger partial charge in [-0.25, -0.2) is 0 Å². The van der Waals surface area contributed by atoms with E-state index < -0.39 is 0 Å². The summed E-state index contributed by atoms with van der Waals surface area (Å²) in [6.07, 6.45) is 7.32. The maximum atomic E-state index is 12.3. The van der Waals surface area contributed by atoms with Crippen LogP contribution >= 0.6 is 0 Å². The predicted octanol–water partition coefficient (Wildman–Crippen LogP) is 3.52. The second-order valence-electron chi connectivity index (χ2n) is 7.49. The summed E-state index contributed by atoms with van der Waals surface area (Å²) in [5, 5.41) is 3.03. The van der Waals surface area contributed by atoms with E-state index in [-0.39, 0.29) is 17.7 Å². The van der Waals surface area contributed by atoms with Gasteiger partial charge in [0.05, 0.1) is 6.61 Å². The zero-order chi connectivity index (χ0) is 18.4. The van der Waals surface area contributed by atoms with E-state index in [1.165, 1.54) is 25.7 Å². The monoisotopic (exact) mass is 358 g/mol. The first kappa shape index (κ1) is 18.7. The molecule has 5 nitrogen and oxygen atoms in total. The molecule has 2 fully saturated rings. The number of nitrogens with one attached hydrogen (secondary N) is 1. The molecule has 0 spiro atoms. The van der Waals surface area contributed by atoms with Crippen molar-refractivity contribution in [2.24, 2.45) is 11.8 Å².